The maximum Gasteiger partial charge on any atom is 0.308 e. The molecule has 0 atom stereocenters. The van der Waals surface area contributed by atoms with Crippen molar-refractivity contribution >= 4 is 11.8 Å². The fourth-order valence-corrected chi connectivity index (χ4v) is 1.09. The van der Waals surface area contributed by atoms with Crippen LogP contribution in [0.2, 0.25) is 0 Å². The standard InChI is InChI=1S/C12H14N2O3/c1-9(15)17-11-6-10(7-13-8-11)12(16)4-5-14(2)3/h4-8H,1-3H3. The predicted octanol–water partition coefficient (Wildman–Crippen LogP) is 1.26. The Morgan fingerprint density at radius 3 is 2.65 bits per heavy atom. The number of carbonyl (C=O) groups is 2. The van der Waals surface area contributed by atoms with E-state index in [1.165, 1.54) is 31.5 Å². The Labute approximate surface area is 99.7 Å². The number of rotatable bonds is 4. The van der Waals surface area contributed by atoms with Crippen molar-refractivity contribution in [3.8, 4) is 5.75 Å². The minimum Gasteiger partial charge on any atom is -0.425 e. The quantitative estimate of drug-likeness (QED) is 0.446. The van der Waals surface area contributed by atoms with Gasteiger partial charge in [-0.15, -0.1) is 0 Å². The van der Waals surface area contributed by atoms with Gasteiger partial charge in [-0.3, -0.25) is 14.6 Å². The molecule has 0 radical (unpaired) electrons. The van der Waals surface area contributed by atoms with Gasteiger partial charge in [-0.25, -0.2) is 0 Å². The summed E-state index contributed by atoms with van der Waals surface area (Å²) in [6, 6.07) is 1.48. The minimum absolute atomic E-state index is 0.194. The van der Waals surface area contributed by atoms with Crippen LogP contribution in [-0.2, 0) is 4.79 Å². The SMILES string of the molecule is CC(=O)Oc1cncc(C(=O)C=CN(C)C)c1. The molecule has 1 aromatic heterocycles. The van der Waals surface area contributed by atoms with E-state index in [0.29, 0.717) is 5.56 Å². The highest BCUT2D eigenvalue weighted by Crippen LogP contribution is 2.12. The highest BCUT2D eigenvalue weighted by atomic mass is 16.5. The summed E-state index contributed by atoms with van der Waals surface area (Å²) in [5, 5.41) is 0. The number of ether oxygens (including phenoxy) is 1. The lowest BCUT2D eigenvalue weighted by molar-refractivity contribution is -0.131. The summed E-state index contributed by atoms with van der Waals surface area (Å²) in [5.41, 5.74) is 0.377. The zero-order chi connectivity index (χ0) is 12.8. The van der Waals surface area contributed by atoms with Crippen molar-refractivity contribution in [2.75, 3.05) is 14.1 Å². The molecule has 0 amide bonds. The number of carbonyl (C=O) groups excluding carboxylic acids is 2. The molecule has 17 heavy (non-hydrogen) atoms. The molecule has 0 aliphatic carbocycles. The van der Waals surface area contributed by atoms with Crippen LogP contribution in [0.5, 0.6) is 5.75 Å². The molecular weight excluding hydrogens is 220 g/mol. The van der Waals surface area contributed by atoms with Crippen molar-refractivity contribution in [3.63, 3.8) is 0 Å². The van der Waals surface area contributed by atoms with Crippen molar-refractivity contribution in [2.24, 2.45) is 0 Å². The van der Waals surface area contributed by atoms with Crippen LogP contribution < -0.4 is 4.74 Å². The summed E-state index contributed by atoms with van der Waals surface area (Å²) < 4.78 is 4.84. The van der Waals surface area contributed by atoms with E-state index in [4.69, 9.17) is 4.74 Å². The monoisotopic (exact) mass is 234 g/mol. The highest BCUT2D eigenvalue weighted by molar-refractivity contribution is 6.04. The molecule has 0 N–H and O–H groups in total. The number of aromatic nitrogens is 1. The van der Waals surface area contributed by atoms with Gasteiger partial charge < -0.3 is 9.64 Å². The molecule has 0 spiro atoms. The third-order valence-corrected chi connectivity index (χ3v) is 1.78. The molecule has 1 heterocycles. The molecule has 1 rings (SSSR count). The second-order valence-corrected chi connectivity index (χ2v) is 3.65. The molecule has 0 unspecified atom stereocenters. The van der Waals surface area contributed by atoms with Crippen LogP contribution in [0.1, 0.15) is 17.3 Å². The summed E-state index contributed by atoms with van der Waals surface area (Å²) >= 11 is 0. The third-order valence-electron chi connectivity index (χ3n) is 1.78. The van der Waals surface area contributed by atoms with E-state index in [0.717, 1.165) is 0 Å². The lowest BCUT2D eigenvalue weighted by Gasteiger charge is -2.04. The Kier molecular flexibility index (Phi) is 4.39. The number of esters is 1. The minimum atomic E-state index is -0.444. The van der Waals surface area contributed by atoms with Crippen molar-refractivity contribution in [2.45, 2.75) is 6.92 Å². The van der Waals surface area contributed by atoms with Crippen LogP contribution in [-0.4, -0.2) is 35.7 Å². The fraction of sp³-hybridized carbons (Fsp3) is 0.250. The normalized spacial score (nSPS) is 10.3. The first kappa shape index (κ1) is 12.9. The third kappa shape index (κ3) is 4.46. The van der Waals surface area contributed by atoms with Crippen molar-refractivity contribution in [1.82, 2.24) is 9.88 Å². The Balaban J connectivity index is 2.84. The van der Waals surface area contributed by atoms with E-state index >= 15 is 0 Å². The number of pyridine rings is 1. The van der Waals surface area contributed by atoms with Gasteiger partial charge in [0.2, 0.25) is 0 Å². The van der Waals surface area contributed by atoms with E-state index in [1.807, 2.05) is 14.1 Å². The average molecular weight is 234 g/mol. The molecule has 0 saturated carbocycles. The summed E-state index contributed by atoms with van der Waals surface area (Å²) in [7, 11) is 3.63. The van der Waals surface area contributed by atoms with Gasteiger partial charge >= 0.3 is 5.97 Å². The molecule has 0 bridgehead atoms. The van der Waals surface area contributed by atoms with E-state index in [9.17, 15) is 9.59 Å². The number of nitrogens with zero attached hydrogens (tertiary/aromatic N) is 2. The molecule has 0 aromatic carbocycles. The summed E-state index contributed by atoms with van der Waals surface area (Å²) in [6.07, 6.45) is 5.87. The topological polar surface area (TPSA) is 59.5 Å². The van der Waals surface area contributed by atoms with E-state index in [-0.39, 0.29) is 11.5 Å². The number of ketones is 1. The molecule has 1 aromatic rings. The van der Waals surface area contributed by atoms with E-state index in [1.54, 1.807) is 11.1 Å². The Hall–Kier alpha value is -2.17. The number of hydrogen-bond donors (Lipinski definition) is 0. The van der Waals surface area contributed by atoms with Gasteiger partial charge in [0.05, 0.1) is 6.20 Å². The lowest BCUT2D eigenvalue weighted by Crippen LogP contribution is -2.05. The molecule has 5 heteroatoms. The maximum absolute atomic E-state index is 11.7. The van der Waals surface area contributed by atoms with Crippen molar-refractivity contribution in [3.05, 3.63) is 36.3 Å². The van der Waals surface area contributed by atoms with Crippen LogP contribution in [0.15, 0.2) is 30.7 Å². The summed E-state index contributed by atoms with van der Waals surface area (Å²) in [5.74, 6) is -0.373. The van der Waals surface area contributed by atoms with Gasteiger partial charge in [-0.1, -0.05) is 0 Å². The van der Waals surface area contributed by atoms with E-state index < -0.39 is 5.97 Å². The second kappa shape index (κ2) is 5.79. The largest absolute Gasteiger partial charge is 0.425 e. The molecular formula is C12H14N2O3. The van der Waals surface area contributed by atoms with Gasteiger partial charge in [0.1, 0.15) is 5.75 Å². The Morgan fingerprint density at radius 1 is 1.35 bits per heavy atom. The summed E-state index contributed by atoms with van der Waals surface area (Å²) in [6.45, 7) is 1.29. The Bertz CT molecular complexity index is 453. The van der Waals surface area contributed by atoms with Gasteiger partial charge in [-0.05, 0) is 6.07 Å². The first-order chi connectivity index (χ1) is 7.99. The first-order valence-corrected chi connectivity index (χ1v) is 5.01. The maximum atomic E-state index is 11.7. The molecule has 5 nitrogen and oxygen atoms in total. The first-order valence-electron chi connectivity index (χ1n) is 5.01. The van der Waals surface area contributed by atoms with Crippen LogP contribution in [0.4, 0.5) is 0 Å². The molecule has 0 aliphatic rings. The van der Waals surface area contributed by atoms with Crippen molar-refractivity contribution < 1.29 is 14.3 Å². The number of allylic oxidation sites excluding steroid dienone is 1. The van der Waals surface area contributed by atoms with Crippen LogP contribution >= 0.6 is 0 Å². The molecule has 0 saturated heterocycles. The van der Waals surface area contributed by atoms with E-state index in [2.05, 4.69) is 4.98 Å². The van der Waals surface area contributed by atoms with Gasteiger partial charge in [0, 0.05) is 45.1 Å². The van der Waals surface area contributed by atoms with Crippen LogP contribution in [0, 0.1) is 0 Å². The molecule has 90 valence electrons. The van der Waals surface area contributed by atoms with Crippen LogP contribution in [0.3, 0.4) is 0 Å². The molecule has 0 aliphatic heterocycles. The lowest BCUT2D eigenvalue weighted by atomic mass is 10.2. The van der Waals surface area contributed by atoms with Gasteiger partial charge in [-0.2, -0.15) is 0 Å². The molecule has 0 fully saturated rings. The predicted molar refractivity (Wildman–Crippen MR) is 62.7 cm³/mol. The Morgan fingerprint density at radius 2 is 2.06 bits per heavy atom. The smallest absolute Gasteiger partial charge is 0.308 e. The van der Waals surface area contributed by atoms with Gasteiger partial charge in [0.15, 0.2) is 5.78 Å². The zero-order valence-corrected chi connectivity index (χ0v) is 10.0. The second-order valence-electron chi connectivity index (χ2n) is 3.65. The van der Waals surface area contributed by atoms with Crippen LogP contribution in [0.25, 0.3) is 0 Å². The fourth-order valence-electron chi connectivity index (χ4n) is 1.09. The zero-order valence-electron chi connectivity index (χ0n) is 10.0. The highest BCUT2D eigenvalue weighted by Gasteiger charge is 2.05. The average Bonchev–Trinajstić information content (AvgIpc) is 2.25. The number of hydrogen-bond acceptors (Lipinski definition) is 5. The summed E-state index contributed by atoms with van der Waals surface area (Å²) in [4.78, 5) is 28.0. The van der Waals surface area contributed by atoms with Gasteiger partial charge in [0.25, 0.3) is 0 Å². The van der Waals surface area contributed by atoms with Crippen molar-refractivity contribution in [1.29, 1.82) is 0 Å².